The third-order valence-corrected chi connectivity index (χ3v) is 4.62. The molecule has 1 saturated carbocycles. The quantitative estimate of drug-likeness (QED) is 0.823. The van der Waals surface area contributed by atoms with Crippen LogP contribution in [0.5, 0.6) is 5.75 Å². The van der Waals surface area contributed by atoms with Gasteiger partial charge >= 0.3 is 0 Å². The molecule has 1 aromatic carbocycles. The molecule has 0 radical (unpaired) electrons. The Morgan fingerprint density at radius 1 is 1.42 bits per heavy atom. The lowest BCUT2D eigenvalue weighted by Crippen LogP contribution is -2.44. The summed E-state index contributed by atoms with van der Waals surface area (Å²) in [6.45, 7) is 2.30. The predicted molar refractivity (Wildman–Crippen MR) is 84.4 cm³/mol. The van der Waals surface area contributed by atoms with Crippen molar-refractivity contribution in [3.8, 4) is 5.75 Å². The molecule has 0 aliphatic heterocycles. The third kappa shape index (κ3) is 4.15. The molecule has 2 rings (SSSR count). The normalized spacial score (nSPS) is 23.7. The molecular weight excluding hydrogens is 254 g/mol. The molecule has 0 saturated heterocycles. The van der Waals surface area contributed by atoms with E-state index in [0.717, 1.165) is 5.75 Å². The average Bonchev–Trinajstić information content (AvgIpc) is 2.40. The van der Waals surface area contributed by atoms with Gasteiger partial charge in [0.15, 0.2) is 0 Å². The van der Waals surface area contributed by atoms with E-state index in [2.05, 4.69) is 36.7 Å². The first-order valence-electron chi connectivity index (χ1n) is 7.12. The topological polar surface area (TPSA) is 21.3 Å². The number of nitrogens with one attached hydrogen (secondary N) is 1. The van der Waals surface area contributed by atoms with E-state index in [9.17, 15) is 0 Å². The van der Waals surface area contributed by atoms with Crippen molar-refractivity contribution in [1.29, 1.82) is 0 Å². The van der Waals surface area contributed by atoms with Crippen LogP contribution in [-0.4, -0.2) is 31.2 Å². The van der Waals surface area contributed by atoms with Crippen LogP contribution in [0.1, 0.15) is 37.7 Å². The van der Waals surface area contributed by atoms with Gasteiger partial charge in [0.1, 0.15) is 5.75 Å². The Bertz CT molecular complexity index is 390. The summed E-state index contributed by atoms with van der Waals surface area (Å²) in [5.74, 6) is 2.93. The minimum absolute atomic E-state index is 0.642. The lowest BCUT2D eigenvalue weighted by Gasteiger charge is -2.38. The Morgan fingerprint density at radius 2 is 2.21 bits per heavy atom. The molecule has 0 heterocycles. The van der Waals surface area contributed by atoms with Gasteiger partial charge in [0.05, 0.1) is 7.11 Å². The molecule has 106 valence electrons. The van der Waals surface area contributed by atoms with Gasteiger partial charge < -0.3 is 10.1 Å². The fraction of sp³-hybridized carbons (Fsp3) is 0.625. The van der Waals surface area contributed by atoms with Crippen LogP contribution in [0.4, 0.5) is 0 Å². The molecule has 1 aromatic rings. The summed E-state index contributed by atoms with van der Waals surface area (Å²) in [6, 6.07) is 9.86. The second-order valence-corrected chi connectivity index (χ2v) is 6.48. The maximum atomic E-state index is 5.29. The zero-order valence-electron chi connectivity index (χ0n) is 12.2. The van der Waals surface area contributed by atoms with E-state index in [4.69, 9.17) is 4.74 Å². The number of methoxy groups -OCH3 is 1. The van der Waals surface area contributed by atoms with Crippen LogP contribution in [0.3, 0.4) is 0 Å². The molecule has 1 atom stereocenters. The summed E-state index contributed by atoms with van der Waals surface area (Å²) >= 11 is 1.93. The van der Waals surface area contributed by atoms with Crippen LogP contribution >= 0.6 is 11.8 Å². The van der Waals surface area contributed by atoms with Gasteiger partial charge in [-0.3, -0.25) is 0 Å². The molecule has 0 spiro atoms. The SMILES string of the molecule is COc1cccc(C2CC(NC(C)CCSC)C2)c1. The van der Waals surface area contributed by atoms with Gasteiger partial charge in [-0.15, -0.1) is 0 Å². The van der Waals surface area contributed by atoms with Crippen molar-refractivity contribution in [2.75, 3.05) is 19.1 Å². The summed E-state index contributed by atoms with van der Waals surface area (Å²) in [7, 11) is 1.73. The van der Waals surface area contributed by atoms with Crippen LogP contribution in [0.25, 0.3) is 0 Å². The number of hydrogen-bond acceptors (Lipinski definition) is 3. The van der Waals surface area contributed by atoms with Crippen LogP contribution in [-0.2, 0) is 0 Å². The molecule has 0 bridgehead atoms. The fourth-order valence-corrected chi connectivity index (χ4v) is 3.29. The zero-order valence-corrected chi connectivity index (χ0v) is 13.0. The first-order chi connectivity index (χ1) is 9.22. The van der Waals surface area contributed by atoms with Gasteiger partial charge in [-0.25, -0.2) is 0 Å². The van der Waals surface area contributed by atoms with Crippen molar-refractivity contribution in [3.63, 3.8) is 0 Å². The molecule has 0 aromatic heterocycles. The highest BCUT2D eigenvalue weighted by molar-refractivity contribution is 7.98. The smallest absolute Gasteiger partial charge is 0.119 e. The number of thioether (sulfide) groups is 1. The second-order valence-electron chi connectivity index (χ2n) is 5.49. The van der Waals surface area contributed by atoms with Crippen LogP contribution < -0.4 is 10.1 Å². The number of hydrogen-bond donors (Lipinski definition) is 1. The Balaban J connectivity index is 1.76. The molecule has 2 nitrogen and oxygen atoms in total. The predicted octanol–water partition coefficient (Wildman–Crippen LogP) is 3.67. The number of rotatable bonds is 7. The molecule has 19 heavy (non-hydrogen) atoms. The average molecular weight is 279 g/mol. The number of benzene rings is 1. The van der Waals surface area contributed by atoms with E-state index in [-0.39, 0.29) is 0 Å². The Labute approximate surface area is 121 Å². The van der Waals surface area contributed by atoms with Gasteiger partial charge in [-0.05, 0) is 61.8 Å². The summed E-state index contributed by atoms with van der Waals surface area (Å²) in [6.07, 6.45) is 5.96. The molecule has 0 amide bonds. The summed E-state index contributed by atoms with van der Waals surface area (Å²) < 4.78 is 5.29. The van der Waals surface area contributed by atoms with Gasteiger partial charge in [0.2, 0.25) is 0 Å². The van der Waals surface area contributed by atoms with E-state index in [1.807, 2.05) is 17.8 Å². The Hall–Kier alpha value is -0.670. The third-order valence-electron chi connectivity index (χ3n) is 3.98. The molecule has 1 aliphatic carbocycles. The van der Waals surface area contributed by atoms with Crippen LogP contribution in [0.15, 0.2) is 24.3 Å². The maximum absolute atomic E-state index is 5.29. The summed E-state index contributed by atoms with van der Waals surface area (Å²) in [5.41, 5.74) is 1.43. The zero-order chi connectivity index (χ0) is 13.7. The fourth-order valence-electron chi connectivity index (χ4n) is 2.70. The van der Waals surface area contributed by atoms with E-state index < -0.39 is 0 Å². The second kappa shape index (κ2) is 7.20. The van der Waals surface area contributed by atoms with E-state index in [1.54, 1.807) is 7.11 Å². The highest BCUT2D eigenvalue weighted by atomic mass is 32.2. The van der Waals surface area contributed by atoms with Gasteiger partial charge in [-0.2, -0.15) is 11.8 Å². The van der Waals surface area contributed by atoms with Crippen molar-refractivity contribution >= 4 is 11.8 Å². The van der Waals surface area contributed by atoms with E-state index in [1.165, 1.54) is 30.6 Å². The van der Waals surface area contributed by atoms with E-state index >= 15 is 0 Å². The molecule has 1 N–H and O–H groups in total. The monoisotopic (exact) mass is 279 g/mol. The maximum Gasteiger partial charge on any atom is 0.119 e. The van der Waals surface area contributed by atoms with Crippen molar-refractivity contribution < 1.29 is 4.74 Å². The highest BCUT2D eigenvalue weighted by Gasteiger charge is 2.30. The van der Waals surface area contributed by atoms with Crippen LogP contribution in [0, 0.1) is 0 Å². The van der Waals surface area contributed by atoms with E-state index in [0.29, 0.717) is 18.0 Å². The summed E-state index contributed by atoms with van der Waals surface area (Å²) in [5, 5.41) is 3.73. The van der Waals surface area contributed by atoms with Gasteiger partial charge in [0.25, 0.3) is 0 Å². The van der Waals surface area contributed by atoms with Crippen molar-refractivity contribution in [1.82, 2.24) is 5.32 Å². The lowest BCUT2D eigenvalue weighted by molar-refractivity contribution is 0.267. The standard InChI is InChI=1S/C16H25NOS/c1-12(7-8-19-3)17-15-9-14(10-15)13-5-4-6-16(11-13)18-2/h4-6,11-12,14-15,17H,7-10H2,1-3H3. The Kier molecular flexibility index (Phi) is 5.59. The van der Waals surface area contributed by atoms with Crippen molar-refractivity contribution in [3.05, 3.63) is 29.8 Å². The summed E-state index contributed by atoms with van der Waals surface area (Å²) in [4.78, 5) is 0. The minimum Gasteiger partial charge on any atom is -0.497 e. The Morgan fingerprint density at radius 3 is 2.89 bits per heavy atom. The largest absolute Gasteiger partial charge is 0.497 e. The molecule has 1 aliphatic rings. The van der Waals surface area contributed by atoms with Crippen LogP contribution in [0.2, 0.25) is 0 Å². The van der Waals surface area contributed by atoms with Gasteiger partial charge in [0, 0.05) is 12.1 Å². The molecule has 1 fully saturated rings. The molecular formula is C16H25NOS. The highest BCUT2D eigenvalue weighted by Crippen LogP contribution is 2.38. The first-order valence-corrected chi connectivity index (χ1v) is 8.51. The van der Waals surface area contributed by atoms with Gasteiger partial charge in [-0.1, -0.05) is 12.1 Å². The molecule has 3 heteroatoms. The van der Waals surface area contributed by atoms with Crippen molar-refractivity contribution in [2.45, 2.75) is 44.2 Å². The lowest BCUT2D eigenvalue weighted by atomic mass is 9.75. The van der Waals surface area contributed by atoms with Crippen molar-refractivity contribution in [2.24, 2.45) is 0 Å². The number of ether oxygens (including phenoxy) is 1. The first kappa shape index (κ1) is 14.7. The minimum atomic E-state index is 0.642. The molecule has 1 unspecified atom stereocenters.